The molecule has 2 aliphatic heterocycles. The van der Waals surface area contributed by atoms with E-state index in [2.05, 4.69) is 25.6 Å². The van der Waals surface area contributed by atoms with Gasteiger partial charge in [0.05, 0.1) is 13.2 Å². The summed E-state index contributed by atoms with van der Waals surface area (Å²) in [7, 11) is 0. The minimum absolute atomic E-state index is 0.0113. The highest BCUT2D eigenvalue weighted by Crippen LogP contribution is 2.41. The number of rotatable bonds is 4. The fraction of sp³-hybridized carbons (Fsp3) is 0.227. The summed E-state index contributed by atoms with van der Waals surface area (Å²) in [6, 6.07) is 14.4. The van der Waals surface area contributed by atoms with Gasteiger partial charge in [0.25, 0.3) is 5.91 Å². The van der Waals surface area contributed by atoms with Crippen molar-refractivity contribution in [1.29, 1.82) is 0 Å². The number of nitrogen functional groups attached to an aromatic ring is 1. The topological polar surface area (TPSA) is 135 Å². The number of para-hydroxylation sites is 1. The fourth-order valence-electron chi connectivity index (χ4n) is 3.99. The number of nitrogens with one attached hydrogen (secondary N) is 2. The van der Waals surface area contributed by atoms with Crippen LogP contribution in [0.5, 0.6) is 5.75 Å². The Labute approximate surface area is 183 Å². The van der Waals surface area contributed by atoms with Crippen LogP contribution in [0, 0.1) is 6.92 Å². The van der Waals surface area contributed by atoms with Gasteiger partial charge in [0.2, 0.25) is 11.9 Å². The lowest BCUT2D eigenvalue weighted by molar-refractivity contribution is -0.133. The zero-order valence-electron chi connectivity index (χ0n) is 17.3. The van der Waals surface area contributed by atoms with Crippen LogP contribution < -0.4 is 21.1 Å². The normalized spacial score (nSPS) is 19.5. The number of urea groups is 1. The molecule has 0 bridgehead atoms. The Bertz CT molecular complexity index is 1210. The third kappa shape index (κ3) is 3.35. The maximum absolute atomic E-state index is 13.4. The Kier molecular flexibility index (Phi) is 4.62. The van der Waals surface area contributed by atoms with Crippen LogP contribution in [0.2, 0.25) is 0 Å². The number of anilines is 3. The van der Waals surface area contributed by atoms with Crippen LogP contribution in [0.25, 0.3) is 0 Å². The summed E-state index contributed by atoms with van der Waals surface area (Å²) in [5.41, 5.74) is 7.24. The zero-order valence-corrected chi connectivity index (χ0v) is 17.3. The van der Waals surface area contributed by atoms with E-state index in [0.29, 0.717) is 24.3 Å². The molecule has 4 N–H and O–H groups in total. The van der Waals surface area contributed by atoms with Gasteiger partial charge in [0, 0.05) is 17.7 Å². The molecule has 1 fully saturated rings. The standard InChI is InChI=1S/C22H21N7O3/c1-13-6-8-14(9-7-13)24-20-26-17(25-19(23)27-20)12-29-18(30)22(28-21(29)31)10-11-32-16-5-3-2-4-15(16)22/h2-9H,10-12H2,1H3,(H,28,31)(H3,23,24,25,26,27). The first-order chi connectivity index (χ1) is 15.4. The van der Waals surface area contributed by atoms with Crippen LogP contribution in [0.15, 0.2) is 48.5 Å². The van der Waals surface area contributed by atoms with E-state index in [0.717, 1.165) is 16.2 Å². The lowest BCUT2D eigenvalue weighted by Gasteiger charge is -2.33. The number of nitrogens with zero attached hydrogens (tertiary/aromatic N) is 4. The van der Waals surface area contributed by atoms with Gasteiger partial charge in [-0.1, -0.05) is 35.9 Å². The Balaban J connectivity index is 1.41. The van der Waals surface area contributed by atoms with E-state index in [1.54, 1.807) is 12.1 Å². The summed E-state index contributed by atoms with van der Waals surface area (Å²) in [6.45, 7) is 2.18. The number of nitrogens with two attached hydrogens (primary N) is 1. The number of ether oxygens (including phenoxy) is 1. The van der Waals surface area contributed by atoms with Gasteiger partial charge in [0.15, 0.2) is 11.4 Å². The SMILES string of the molecule is Cc1ccc(Nc2nc(N)nc(CN3C(=O)NC4(CCOc5ccccc54)C3=O)n2)cc1. The number of carbonyl (C=O) groups excluding carboxylic acids is 2. The van der Waals surface area contributed by atoms with Gasteiger partial charge in [-0.25, -0.2) is 4.79 Å². The zero-order chi connectivity index (χ0) is 22.3. The number of fused-ring (bicyclic) bond motifs is 2. The summed E-state index contributed by atoms with van der Waals surface area (Å²) in [5, 5.41) is 5.93. The molecule has 0 radical (unpaired) electrons. The lowest BCUT2D eigenvalue weighted by Crippen LogP contribution is -2.47. The van der Waals surface area contributed by atoms with E-state index in [9.17, 15) is 9.59 Å². The minimum atomic E-state index is -1.16. The monoisotopic (exact) mass is 431 g/mol. The number of benzene rings is 2. The smallest absolute Gasteiger partial charge is 0.325 e. The molecule has 0 saturated carbocycles. The summed E-state index contributed by atoms with van der Waals surface area (Å²) in [4.78, 5) is 39.9. The second-order valence-electron chi connectivity index (χ2n) is 7.75. The van der Waals surface area contributed by atoms with Crippen molar-refractivity contribution in [2.24, 2.45) is 0 Å². The van der Waals surface area contributed by atoms with E-state index < -0.39 is 11.6 Å². The average molecular weight is 431 g/mol. The van der Waals surface area contributed by atoms with Gasteiger partial charge in [-0.2, -0.15) is 15.0 Å². The molecule has 10 nitrogen and oxygen atoms in total. The van der Waals surface area contributed by atoms with Crippen molar-refractivity contribution in [3.63, 3.8) is 0 Å². The van der Waals surface area contributed by atoms with Crippen molar-refractivity contribution >= 4 is 29.5 Å². The molecular formula is C22H21N7O3. The van der Waals surface area contributed by atoms with Crippen LogP contribution in [0.1, 0.15) is 23.4 Å². The van der Waals surface area contributed by atoms with Crippen molar-refractivity contribution in [2.75, 3.05) is 17.7 Å². The van der Waals surface area contributed by atoms with Gasteiger partial charge < -0.3 is 21.1 Å². The predicted molar refractivity (Wildman–Crippen MR) is 116 cm³/mol. The first-order valence-corrected chi connectivity index (χ1v) is 10.2. The van der Waals surface area contributed by atoms with Gasteiger partial charge >= 0.3 is 6.03 Å². The molecule has 1 aromatic heterocycles. The molecule has 0 aliphatic carbocycles. The molecular weight excluding hydrogens is 410 g/mol. The number of hydrogen-bond acceptors (Lipinski definition) is 8. The molecule has 3 aromatic rings. The second-order valence-corrected chi connectivity index (χ2v) is 7.75. The number of hydrogen-bond donors (Lipinski definition) is 3. The number of imide groups is 1. The number of carbonyl (C=O) groups is 2. The lowest BCUT2D eigenvalue weighted by atomic mass is 9.84. The average Bonchev–Trinajstić information content (AvgIpc) is 3.00. The second kappa shape index (κ2) is 7.49. The Morgan fingerprint density at radius 1 is 1.12 bits per heavy atom. The largest absolute Gasteiger partial charge is 0.493 e. The van der Waals surface area contributed by atoms with E-state index in [4.69, 9.17) is 10.5 Å². The number of amides is 3. The fourth-order valence-corrected chi connectivity index (χ4v) is 3.99. The molecule has 3 amide bonds. The summed E-state index contributed by atoms with van der Waals surface area (Å²) in [5.74, 6) is 0.638. The van der Waals surface area contributed by atoms with Gasteiger partial charge in [-0.3, -0.25) is 9.69 Å². The van der Waals surface area contributed by atoms with E-state index >= 15 is 0 Å². The highest BCUT2D eigenvalue weighted by molar-refractivity contribution is 6.07. The Hall–Kier alpha value is -4.21. The van der Waals surface area contributed by atoms with E-state index in [-0.39, 0.29) is 30.2 Å². The Morgan fingerprint density at radius 2 is 1.91 bits per heavy atom. The first-order valence-electron chi connectivity index (χ1n) is 10.2. The van der Waals surface area contributed by atoms with Crippen molar-refractivity contribution in [2.45, 2.75) is 25.4 Å². The van der Waals surface area contributed by atoms with Crippen LogP contribution in [-0.2, 0) is 16.9 Å². The third-order valence-corrected chi connectivity index (χ3v) is 5.56. The minimum Gasteiger partial charge on any atom is -0.493 e. The van der Waals surface area contributed by atoms with Crippen molar-refractivity contribution < 1.29 is 14.3 Å². The van der Waals surface area contributed by atoms with Crippen molar-refractivity contribution in [1.82, 2.24) is 25.2 Å². The molecule has 2 aromatic carbocycles. The highest BCUT2D eigenvalue weighted by Gasteiger charge is 2.54. The molecule has 1 spiro atoms. The summed E-state index contributed by atoms with van der Waals surface area (Å²) < 4.78 is 5.66. The third-order valence-electron chi connectivity index (χ3n) is 5.56. The predicted octanol–water partition coefficient (Wildman–Crippen LogP) is 2.24. The van der Waals surface area contributed by atoms with Crippen LogP contribution in [0.4, 0.5) is 22.4 Å². The molecule has 32 heavy (non-hydrogen) atoms. The summed E-state index contributed by atoms with van der Waals surface area (Å²) >= 11 is 0. The van der Waals surface area contributed by atoms with Gasteiger partial charge in [0.1, 0.15) is 5.75 Å². The number of aromatic nitrogens is 3. The van der Waals surface area contributed by atoms with Gasteiger partial charge in [-0.15, -0.1) is 0 Å². The molecule has 1 unspecified atom stereocenters. The molecule has 162 valence electrons. The highest BCUT2D eigenvalue weighted by atomic mass is 16.5. The van der Waals surface area contributed by atoms with E-state index in [1.165, 1.54) is 0 Å². The molecule has 5 rings (SSSR count). The van der Waals surface area contributed by atoms with Crippen LogP contribution in [-0.4, -0.2) is 38.4 Å². The van der Waals surface area contributed by atoms with Crippen molar-refractivity contribution in [3.05, 3.63) is 65.5 Å². The molecule has 2 aliphatic rings. The molecule has 3 heterocycles. The Morgan fingerprint density at radius 3 is 2.72 bits per heavy atom. The van der Waals surface area contributed by atoms with Crippen molar-refractivity contribution in [3.8, 4) is 5.75 Å². The molecule has 10 heteroatoms. The maximum atomic E-state index is 13.4. The molecule has 1 atom stereocenters. The summed E-state index contributed by atoms with van der Waals surface area (Å²) in [6.07, 6.45) is 0.338. The van der Waals surface area contributed by atoms with Crippen LogP contribution >= 0.6 is 0 Å². The molecule has 1 saturated heterocycles. The van der Waals surface area contributed by atoms with Gasteiger partial charge in [-0.05, 0) is 25.1 Å². The van der Waals surface area contributed by atoms with E-state index in [1.807, 2.05) is 43.3 Å². The quantitative estimate of drug-likeness (QED) is 0.535. The van der Waals surface area contributed by atoms with Crippen LogP contribution in [0.3, 0.4) is 0 Å². The maximum Gasteiger partial charge on any atom is 0.325 e. The number of aryl methyl sites for hydroxylation is 1. The first kappa shape index (κ1) is 19.7.